The molecule has 0 aliphatic heterocycles. The molecule has 0 aromatic heterocycles. The Bertz CT molecular complexity index is 1090. The monoisotopic (exact) mass is 686 g/mol. The van der Waals surface area contributed by atoms with Crippen LogP contribution in [0, 0.1) is 0 Å². The summed E-state index contributed by atoms with van der Waals surface area (Å²) in [6.45, 7) is 0. The molecule has 0 saturated heterocycles. The molecule has 3 N–H and O–H groups in total. The molecule has 0 aliphatic rings. The Labute approximate surface area is 222 Å². The minimum atomic E-state index is 0.692. The highest BCUT2D eigenvalue weighted by atomic mass is 79.9. The minimum Gasteiger partial charge on any atom is -0.493 e. The van der Waals surface area contributed by atoms with Crippen LogP contribution in [-0.2, 0) is 0 Å². The second kappa shape index (κ2) is 13.7. The first-order chi connectivity index (χ1) is 15.3. The Morgan fingerprint density at radius 2 is 1.31 bits per heavy atom. The van der Waals surface area contributed by atoms with Crippen molar-refractivity contribution in [3.8, 4) is 11.5 Å². The van der Waals surface area contributed by atoms with Gasteiger partial charge in [-0.05, 0) is 111 Å². The van der Waals surface area contributed by atoms with Gasteiger partial charge >= 0.3 is 0 Å². The van der Waals surface area contributed by atoms with Crippen molar-refractivity contribution in [2.45, 2.75) is 0 Å². The zero-order valence-electron chi connectivity index (χ0n) is 17.4. The van der Waals surface area contributed by atoms with Crippen LogP contribution in [0.3, 0.4) is 0 Å². The average molecular weight is 690 g/mol. The van der Waals surface area contributed by atoms with Gasteiger partial charge in [0.25, 0.3) is 0 Å². The first-order valence-electron chi connectivity index (χ1n) is 9.32. The maximum absolute atomic E-state index is 5.68. The summed E-state index contributed by atoms with van der Waals surface area (Å²) in [6.07, 6.45) is 3.90. The summed E-state index contributed by atoms with van der Waals surface area (Å²) < 4.78 is 12.3. The van der Waals surface area contributed by atoms with E-state index in [4.69, 9.17) is 15.2 Å². The van der Waals surface area contributed by atoms with Crippen molar-refractivity contribution in [1.82, 2.24) is 0 Å². The SMILES string of the molecule is COc1ccc(Nc2ccccc2C=C(Br)Br)cc1OC.Nc1ccccc1C=C(Br)Br. The molecule has 0 spiro atoms. The van der Waals surface area contributed by atoms with Crippen molar-refractivity contribution < 1.29 is 9.47 Å². The number of nitrogens with two attached hydrogens (primary N) is 1. The van der Waals surface area contributed by atoms with Crippen molar-refractivity contribution in [1.29, 1.82) is 0 Å². The van der Waals surface area contributed by atoms with Gasteiger partial charge in [0.2, 0.25) is 0 Å². The summed E-state index contributed by atoms with van der Waals surface area (Å²) in [5, 5.41) is 3.38. The van der Waals surface area contributed by atoms with Crippen LogP contribution in [0.15, 0.2) is 73.5 Å². The number of hydrogen-bond donors (Lipinski definition) is 2. The Balaban J connectivity index is 0.000000278. The van der Waals surface area contributed by atoms with Gasteiger partial charge < -0.3 is 20.5 Å². The van der Waals surface area contributed by atoms with Crippen molar-refractivity contribution >= 4 is 92.9 Å². The predicted octanol–water partition coefficient (Wildman–Crippen LogP) is 8.89. The largest absolute Gasteiger partial charge is 0.493 e. The number of para-hydroxylation sites is 2. The molecule has 0 fully saturated rings. The minimum absolute atomic E-state index is 0.692. The van der Waals surface area contributed by atoms with Gasteiger partial charge in [-0.15, -0.1) is 0 Å². The number of nitrogen functional groups attached to an aromatic ring is 1. The quantitative estimate of drug-likeness (QED) is 0.254. The van der Waals surface area contributed by atoms with Gasteiger partial charge in [-0.1, -0.05) is 36.4 Å². The van der Waals surface area contributed by atoms with E-state index in [0.717, 1.165) is 35.0 Å². The lowest BCUT2D eigenvalue weighted by atomic mass is 10.1. The molecule has 0 unspecified atom stereocenters. The summed E-state index contributed by atoms with van der Waals surface area (Å²) in [4.78, 5) is 0. The molecule has 4 nitrogen and oxygen atoms in total. The first kappa shape index (κ1) is 26.5. The van der Waals surface area contributed by atoms with Crippen LogP contribution in [0.25, 0.3) is 12.2 Å². The Morgan fingerprint density at radius 3 is 1.91 bits per heavy atom. The fourth-order valence-corrected chi connectivity index (χ4v) is 3.67. The van der Waals surface area contributed by atoms with E-state index < -0.39 is 0 Å². The summed E-state index contributed by atoms with van der Waals surface area (Å²) in [5.74, 6) is 1.40. The maximum atomic E-state index is 5.68. The number of rotatable bonds is 6. The second-order valence-electron chi connectivity index (χ2n) is 6.28. The number of nitrogens with one attached hydrogen (secondary N) is 1. The first-order valence-corrected chi connectivity index (χ1v) is 12.5. The van der Waals surface area contributed by atoms with E-state index in [1.165, 1.54) is 0 Å². The highest BCUT2D eigenvalue weighted by Crippen LogP contribution is 2.32. The van der Waals surface area contributed by atoms with Gasteiger partial charge in [0.15, 0.2) is 11.5 Å². The zero-order valence-corrected chi connectivity index (χ0v) is 23.8. The van der Waals surface area contributed by atoms with E-state index in [1.807, 2.05) is 78.9 Å². The zero-order chi connectivity index (χ0) is 23.5. The lowest BCUT2D eigenvalue weighted by Gasteiger charge is -2.13. The van der Waals surface area contributed by atoms with E-state index in [1.54, 1.807) is 14.2 Å². The van der Waals surface area contributed by atoms with Gasteiger partial charge in [-0.25, -0.2) is 0 Å². The Kier molecular flexibility index (Phi) is 11.4. The maximum Gasteiger partial charge on any atom is 0.162 e. The fraction of sp³-hybridized carbons (Fsp3) is 0.0833. The van der Waals surface area contributed by atoms with Gasteiger partial charge in [0.05, 0.1) is 21.0 Å². The van der Waals surface area contributed by atoms with E-state index in [0.29, 0.717) is 11.5 Å². The molecule has 0 radical (unpaired) electrons. The highest BCUT2D eigenvalue weighted by Gasteiger charge is 2.06. The van der Waals surface area contributed by atoms with Gasteiger partial charge in [-0.2, -0.15) is 0 Å². The molecule has 0 amide bonds. The highest BCUT2D eigenvalue weighted by molar-refractivity contribution is 9.28. The van der Waals surface area contributed by atoms with E-state index >= 15 is 0 Å². The number of benzene rings is 3. The number of ether oxygens (including phenoxy) is 2. The molecule has 0 atom stereocenters. The van der Waals surface area contributed by atoms with Crippen LogP contribution in [-0.4, -0.2) is 14.2 Å². The number of hydrogen-bond acceptors (Lipinski definition) is 4. The van der Waals surface area contributed by atoms with Crippen molar-refractivity contribution in [3.63, 3.8) is 0 Å². The molecule has 3 aromatic carbocycles. The van der Waals surface area contributed by atoms with Crippen LogP contribution >= 0.6 is 63.7 Å². The number of halogens is 4. The lowest BCUT2D eigenvalue weighted by Crippen LogP contribution is -1.95. The summed E-state index contributed by atoms with van der Waals surface area (Å²) in [6, 6.07) is 21.5. The third-order valence-corrected chi connectivity index (χ3v) is 5.06. The van der Waals surface area contributed by atoms with Crippen LogP contribution in [0.4, 0.5) is 17.1 Å². The number of anilines is 3. The molecule has 0 heterocycles. The smallest absolute Gasteiger partial charge is 0.162 e. The molecule has 168 valence electrons. The van der Waals surface area contributed by atoms with Crippen LogP contribution in [0.2, 0.25) is 0 Å². The second-order valence-corrected chi connectivity index (χ2v) is 11.8. The molecule has 0 aliphatic carbocycles. The van der Waals surface area contributed by atoms with Crippen molar-refractivity contribution in [3.05, 3.63) is 84.6 Å². The van der Waals surface area contributed by atoms with Gasteiger partial charge in [-0.3, -0.25) is 0 Å². The molecule has 3 aromatic rings. The van der Waals surface area contributed by atoms with Gasteiger partial charge in [0, 0.05) is 23.1 Å². The molecule has 32 heavy (non-hydrogen) atoms. The Morgan fingerprint density at radius 1 is 0.750 bits per heavy atom. The molecular formula is C24H22Br4N2O2. The number of methoxy groups -OCH3 is 2. The third-order valence-electron chi connectivity index (χ3n) is 4.15. The van der Waals surface area contributed by atoms with Gasteiger partial charge in [0.1, 0.15) is 0 Å². The molecule has 0 saturated carbocycles. The van der Waals surface area contributed by atoms with Crippen molar-refractivity contribution in [2.24, 2.45) is 0 Å². The lowest BCUT2D eigenvalue weighted by molar-refractivity contribution is 0.355. The van der Waals surface area contributed by atoms with Crippen LogP contribution in [0.5, 0.6) is 11.5 Å². The normalized spacial score (nSPS) is 9.69. The van der Waals surface area contributed by atoms with E-state index in [9.17, 15) is 0 Å². The van der Waals surface area contributed by atoms with E-state index in [2.05, 4.69) is 69.0 Å². The predicted molar refractivity (Wildman–Crippen MR) is 152 cm³/mol. The summed E-state index contributed by atoms with van der Waals surface area (Å²) >= 11 is 13.3. The summed E-state index contributed by atoms with van der Waals surface area (Å²) in [7, 11) is 3.25. The van der Waals surface area contributed by atoms with Crippen LogP contribution < -0.4 is 20.5 Å². The molecular weight excluding hydrogens is 668 g/mol. The standard InChI is InChI=1S/C16H15Br2NO2.C8H7Br2N/c1-20-14-8-7-12(10-15(14)21-2)19-13-6-4-3-5-11(13)9-16(17)18;9-8(10)5-6-3-1-2-4-7(6)11/h3-10,19H,1-2H3;1-5H,11H2. The Hall–Kier alpha value is -1.74. The average Bonchev–Trinajstić information content (AvgIpc) is 2.76. The summed E-state index contributed by atoms with van der Waals surface area (Å²) in [5.41, 5.74) is 10.5. The van der Waals surface area contributed by atoms with E-state index in [-0.39, 0.29) is 0 Å². The fourth-order valence-electron chi connectivity index (χ4n) is 2.68. The molecule has 0 bridgehead atoms. The third kappa shape index (κ3) is 8.65. The topological polar surface area (TPSA) is 56.5 Å². The molecule has 3 rings (SSSR count). The van der Waals surface area contributed by atoms with Crippen molar-refractivity contribution in [2.75, 3.05) is 25.3 Å². The molecule has 8 heteroatoms. The van der Waals surface area contributed by atoms with Crippen LogP contribution in [0.1, 0.15) is 11.1 Å².